The van der Waals surface area contributed by atoms with Crippen LogP contribution in [0, 0.1) is 5.41 Å². The molecule has 0 unspecified atom stereocenters. The Morgan fingerprint density at radius 1 is 1.06 bits per heavy atom. The van der Waals surface area contributed by atoms with E-state index in [1.807, 2.05) is 12.4 Å². The van der Waals surface area contributed by atoms with Crippen LogP contribution in [0.15, 0.2) is 18.7 Å². The summed E-state index contributed by atoms with van der Waals surface area (Å²) in [5, 5.41) is 3.52. The van der Waals surface area contributed by atoms with E-state index in [2.05, 4.69) is 36.1 Å². The van der Waals surface area contributed by atoms with Crippen molar-refractivity contribution in [1.82, 2.24) is 15.3 Å². The van der Waals surface area contributed by atoms with Crippen LogP contribution in [-0.2, 0) is 6.54 Å². The second-order valence-electron chi connectivity index (χ2n) is 4.41. The first kappa shape index (κ1) is 13.1. The molecule has 0 aliphatic carbocycles. The van der Waals surface area contributed by atoms with Gasteiger partial charge in [-0.2, -0.15) is 0 Å². The van der Waals surface area contributed by atoms with Gasteiger partial charge < -0.3 is 5.32 Å². The Labute approximate surface area is 98.7 Å². The minimum Gasteiger partial charge on any atom is -0.312 e. The molecule has 0 amide bonds. The summed E-state index contributed by atoms with van der Waals surface area (Å²) in [5.74, 6) is 0. The van der Waals surface area contributed by atoms with Gasteiger partial charge in [-0.3, -0.25) is 0 Å². The third kappa shape index (κ3) is 3.56. The van der Waals surface area contributed by atoms with Crippen molar-refractivity contribution in [1.29, 1.82) is 0 Å². The van der Waals surface area contributed by atoms with Gasteiger partial charge in [0, 0.05) is 31.0 Å². The van der Waals surface area contributed by atoms with Gasteiger partial charge in [0.25, 0.3) is 0 Å². The summed E-state index contributed by atoms with van der Waals surface area (Å²) >= 11 is 0. The lowest BCUT2D eigenvalue weighted by molar-refractivity contribution is 0.237. The van der Waals surface area contributed by atoms with Crippen LogP contribution >= 0.6 is 0 Å². The van der Waals surface area contributed by atoms with Gasteiger partial charge in [-0.15, -0.1) is 0 Å². The Morgan fingerprint density at radius 2 is 1.62 bits per heavy atom. The van der Waals surface area contributed by atoms with Crippen molar-refractivity contribution in [2.24, 2.45) is 5.41 Å². The van der Waals surface area contributed by atoms with E-state index in [1.165, 1.54) is 19.3 Å². The summed E-state index contributed by atoms with van der Waals surface area (Å²) in [7, 11) is 0. The highest BCUT2D eigenvalue weighted by Crippen LogP contribution is 2.29. The number of nitrogens with one attached hydrogen (secondary N) is 1. The molecule has 0 saturated carbocycles. The van der Waals surface area contributed by atoms with Gasteiger partial charge in [-0.25, -0.2) is 9.97 Å². The van der Waals surface area contributed by atoms with Crippen LogP contribution in [0.1, 0.15) is 45.6 Å². The molecule has 0 spiro atoms. The molecule has 90 valence electrons. The molecule has 3 heteroatoms. The molecule has 0 fully saturated rings. The fraction of sp³-hybridized carbons (Fsp3) is 0.692. The van der Waals surface area contributed by atoms with Gasteiger partial charge in [-0.1, -0.05) is 20.8 Å². The minimum atomic E-state index is 0.454. The summed E-state index contributed by atoms with van der Waals surface area (Å²) in [6.45, 7) is 8.77. The lowest BCUT2D eigenvalue weighted by atomic mass is 9.80. The molecule has 0 radical (unpaired) electrons. The summed E-state index contributed by atoms with van der Waals surface area (Å²) in [5.41, 5.74) is 1.61. The van der Waals surface area contributed by atoms with Gasteiger partial charge in [0.05, 0.1) is 0 Å². The highest BCUT2D eigenvalue weighted by atomic mass is 14.9. The number of rotatable bonds is 7. The number of hydrogen-bond donors (Lipinski definition) is 1. The average Bonchev–Trinajstić information content (AvgIpc) is 2.37. The largest absolute Gasteiger partial charge is 0.312 e. The molecule has 1 rings (SSSR count). The molecule has 0 bridgehead atoms. The smallest absolute Gasteiger partial charge is 0.115 e. The SMILES string of the molecule is CCC(CC)(CC)CNCc1cncnc1. The van der Waals surface area contributed by atoms with Crippen LogP contribution in [-0.4, -0.2) is 16.5 Å². The monoisotopic (exact) mass is 221 g/mol. The maximum atomic E-state index is 4.01. The van der Waals surface area contributed by atoms with E-state index in [-0.39, 0.29) is 0 Å². The van der Waals surface area contributed by atoms with Gasteiger partial charge in [0.2, 0.25) is 0 Å². The van der Waals surface area contributed by atoms with Crippen molar-refractivity contribution in [2.45, 2.75) is 46.6 Å². The first-order chi connectivity index (χ1) is 7.76. The van der Waals surface area contributed by atoms with E-state index in [4.69, 9.17) is 0 Å². The quantitative estimate of drug-likeness (QED) is 0.769. The first-order valence-electron chi connectivity index (χ1n) is 6.21. The van der Waals surface area contributed by atoms with E-state index in [0.717, 1.165) is 18.7 Å². The molecule has 0 saturated heterocycles. The molecule has 0 atom stereocenters. The standard InChI is InChI=1S/C13H23N3/c1-4-13(5-2,6-3)10-14-7-12-8-15-11-16-9-12/h8-9,11,14H,4-7,10H2,1-3H3. The molecule has 1 aromatic heterocycles. The Balaban J connectivity index is 2.39. The highest BCUT2D eigenvalue weighted by molar-refractivity contribution is 5.01. The zero-order valence-corrected chi connectivity index (χ0v) is 10.7. The second kappa shape index (κ2) is 6.59. The van der Waals surface area contributed by atoms with Crippen LogP contribution < -0.4 is 5.32 Å². The fourth-order valence-electron chi connectivity index (χ4n) is 2.02. The Bertz CT molecular complexity index is 272. The highest BCUT2D eigenvalue weighted by Gasteiger charge is 2.22. The van der Waals surface area contributed by atoms with Gasteiger partial charge in [0.1, 0.15) is 6.33 Å². The van der Waals surface area contributed by atoms with E-state index < -0.39 is 0 Å². The molecular formula is C13H23N3. The zero-order valence-electron chi connectivity index (χ0n) is 10.7. The van der Waals surface area contributed by atoms with Crippen LogP contribution in [0.3, 0.4) is 0 Å². The van der Waals surface area contributed by atoms with E-state index in [9.17, 15) is 0 Å². The summed E-state index contributed by atoms with van der Waals surface area (Å²) < 4.78 is 0. The predicted octanol–water partition coefficient (Wildman–Crippen LogP) is 2.78. The topological polar surface area (TPSA) is 37.8 Å². The van der Waals surface area contributed by atoms with E-state index in [1.54, 1.807) is 6.33 Å². The van der Waals surface area contributed by atoms with Crippen LogP contribution in [0.25, 0.3) is 0 Å². The molecule has 0 aromatic carbocycles. The summed E-state index contributed by atoms with van der Waals surface area (Å²) in [4.78, 5) is 8.02. The van der Waals surface area contributed by atoms with Gasteiger partial charge in [0.15, 0.2) is 0 Å². The molecule has 16 heavy (non-hydrogen) atoms. The minimum absolute atomic E-state index is 0.454. The predicted molar refractivity (Wildman–Crippen MR) is 67.0 cm³/mol. The molecule has 1 heterocycles. The Kier molecular flexibility index (Phi) is 5.39. The second-order valence-corrected chi connectivity index (χ2v) is 4.41. The average molecular weight is 221 g/mol. The first-order valence-corrected chi connectivity index (χ1v) is 6.21. The summed E-state index contributed by atoms with van der Waals surface area (Å²) in [6.07, 6.45) is 9.00. The maximum Gasteiger partial charge on any atom is 0.115 e. The van der Waals surface area contributed by atoms with Crippen molar-refractivity contribution in [2.75, 3.05) is 6.54 Å². The van der Waals surface area contributed by atoms with Crippen molar-refractivity contribution >= 4 is 0 Å². The molecule has 3 nitrogen and oxygen atoms in total. The fourth-order valence-corrected chi connectivity index (χ4v) is 2.02. The Morgan fingerprint density at radius 3 is 2.12 bits per heavy atom. The summed E-state index contributed by atoms with van der Waals surface area (Å²) in [6, 6.07) is 0. The van der Waals surface area contributed by atoms with Gasteiger partial charge >= 0.3 is 0 Å². The molecule has 0 aliphatic heterocycles. The molecule has 1 N–H and O–H groups in total. The van der Waals surface area contributed by atoms with E-state index in [0.29, 0.717) is 5.41 Å². The van der Waals surface area contributed by atoms with Crippen LogP contribution in [0.2, 0.25) is 0 Å². The normalized spacial score (nSPS) is 11.7. The van der Waals surface area contributed by atoms with Crippen LogP contribution in [0.4, 0.5) is 0 Å². The van der Waals surface area contributed by atoms with Crippen molar-refractivity contribution in [3.05, 3.63) is 24.3 Å². The van der Waals surface area contributed by atoms with Crippen molar-refractivity contribution in [3.8, 4) is 0 Å². The van der Waals surface area contributed by atoms with Crippen LogP contribution in [0.5, 0.6) is 0 Å². The lowest BCUT2D eigenvalue weighted by Crippen LogP contribution is -2.32. The number of aromatic nitrogens is 2. The van der Waals surface area contributed by atoms with Crippen molar-refractivity contribution in [3.63, 3.8) is 0 Å². The van der Waals surface area contributed by atoms with Gasteiger partial charge in [-0.05, 0) is 24.7 Å². The number of nitrogens with zero attached hydrogens (tertiary/aromatic N) is 2. The number of hydrogen-bond acceptors (Lipinski definition) is 3. The zero-order chi connectivity index (χ0) is 11.9. The molecular weight excluding hydrogens is 198 g/mol. The maximum absolute atomic E-state index is 4.01. The Hall–Kier alpha value is -0.960. The third-order valence-corrected chi connectivity index (χ3v) is 3.69. The lowest BCUT2D eigenvalue weighted by Gasteiger charge is -2.30. The molecule has 1 aromatic rings. The third-order valence-electron chi connectivity index (χ3n) is 3.69. The van der Waals surface area contributed by atoms with Crippen molar-refractivity contribution < 1.29 is 0 Å². The molecule has 0 aliphatic rings. The van der Waals surface area contributed by atoms with E-state index >= 15 is 0 Å².